The number of carbonyl (C=O) groups excluding carboxylic acids is 2. The second-order valence-corrected chi connectivity index (χ2v) is 8.40. The Morgan fingerprint density at radius 1 is 1.18 bits per heavy atom. The van der Waals surface area contributed by atoms with Gasteiger partial charge in [-0.3, -0.25) is 9.78 Å². The van der Waals surface area contributed by atoms with Crippen molar-refractivity contribution in [3.05, 3.63) is 59.2 Å². The summed E-state index contributed by atoms with van der Waals surface area (Å²) in [5.41, 5.74) is -1.94. The van der Waals surface area contributed by atoms with Gasteiger partial charge in [0.2, 0.25) is 0 Å². The van der Waals surface area contributed by atoms with Crippen molar-refractivity contribution in [1.29, 1.82) is 0 Å². The highest BCUT2D eigenvalue weighted by molar-refractivity contribution is 6.04. The van der Waals surface area contributed by atoms with Crippen molar-refractivity contribution in [2.45, 2.75) is 38.7 Å². The number of nitrogens with one attached hydrogen (secondary N) is 1. The summed E-state index contributed by atoms with van der Waals surface area (Å²) in [6.45, 7) is 5.79. The quantitative estimate of drug-likeness (QED) is 0.654. The lowest BCUT2D eigenvalue weighted by Crippen LogP contribution is -2.44. The number of aromatic nitrogens is 1. The fourth-order valence-electron chi connectivity index (χ4n) is 3.13. The maximum Gasteiger partial charge on any atom is 0.433 e. The van der Waals surface area contributed by atoms with Crippen LogP contribution in [0.25, 0.3) is 0 Å². The minimum absolute atomic E-state index is 0.0476. The molecule has 1 saturated heterocycles. The van der Waals surface area contributed by atoms with Gasteiger partial charge in [0.05, 0.1) is 13.2 Å². The molecule has 0 saturated carbocycles. The fraction of sp³-hybridized carbons (Fsp3) is 0.409. The van der Waals surface area contributed by atoms with Crippen molar-refractivity contribution in [3.8, 4) is 0 Å². The molecule has 0 bridgehead atoms. The Morgan fingerprint density at radius 2 is 1.91 bits per heavy atom. The van der Waals surface area contributed by atoms with E-state index in [1.165, 1.54) is 17.0 Å². The maximum absolute atomic E-state index is 14.8. The maximum atomic E-state index is 14.8. The Hall–Kier alpha value is -3.21. The lowest BCUT2D eigenvalue weighted by Gasteiger charge is -2.34. The number of morpholine rings is 1. The monoisotopic (exact) mass is 469 g/mol. The number of amides is 2. The van der Waals surface area contributed by atoms with Gasteiger partial charge in [0.1, 0.15) is 23.2 Å². The summed E-state index contributed by atoms with van der Waals surface area (Å²) in [6, 6.07) is 5.56. The third-order valence-electron chi connectivity index (χ3n) is 4.64. The van der Waals surface area contributed by atoms with Gasteiger partial charge in [0.25, 0.3) is 5.91 Å². The Kier molecular flexibility index (Phi) is 6.92. The highest BCUT2D eigenvalue weighted by Gasteiger charge is 2.33. The van der Waals surface area contributed by atoms with Crippen LogP contribution in [0.15, 0.2) is 36.5 Å². The topological polar surface area (TPSA) is 80.8 Å². The summed E-state index contributed by atoms with van der Waals surface area (Å²) in [5.74, 6) is -1.55. The van der Waals surface area contributed by atoms with Crippen molar-refractivity contribution in [1.82, 2.24) is 9.88 Å². The molecule has 1 aromatic carbocycles. The van der Waals surface area contributed by atoms with Gasteiger partial charge in [0, 0.05) is 29.6 Å². The molecule has 0 radical (unpaired) electrons. The number of hydrogen-bond acceptors (Lipinski definition) is 5. The Morgan fingerprint density at radius 3 is 2.55 bits per heavy atom. The number of alkyl halides is 3. The van der Waals surface area contributed by atoms with Crippen molar-refractivity contribution >= 4 is 17.7 Å². The molecule has 1 aliphatic rings. The second kappa shape index (κ2) is 9.34. The van der Waals surface area contributed by atoms with E-state index in [0.717, 1.165) is 18.3 Å². The van der Waals surface area contributed by atoms with Crippen LogP contribution in [0.4, 0.5) is 28.0 Å². The first kappa shape index (κ1) is 24.4. The predicted octanol–water partition coefficient (Wildman–Crippen LogP) is 4.80. The van der Waals surface area contributed by atoms with E-state index in [1.54, 1.807) is 20.8 Å². The Labute approximate surface area is 187 Å². The molecule has 1 N–H and O–H groups in total. The molecule has 178 valence electrons. The van der Waals surface area contributed by atoms with E-state index in [1.807, 2.05) is 0 Å². The summed E-state index contributed by atoms with van der Waals surface area (Å²) >= 11 is 0. The number of rotatable bonds is 3. The molecule has 3 rings (SSSR count). The second-order valence-electron chi connectivity index (χ2n) is 8.40. The zero-order chi connectivity index (χ0) is 24.4. The van der Waals surface area contributed by atoms with Crippen LogP contribution in [0, 0.1) is 5.82 Å². The largest absolute Gasteiger partial charge is 0.444 e. The molecule has 33 heavy (non-hydrogen) atoms. The zero-order valence-electron chi connectivity index (χ0n) is 18.2. The summed E-state index contributed by atoms with van der Waals surface area (Å²) in [4.78, 5) is 29.2. The molecule has 0 unspecified atom stereocenters. The number of hydrogen-bond donors (Lipinski definition) is 1. The summed E-state index contributed by atoms with van der Waals surface area (Å²) in [5, 5.41) is 2.36. The number of halogens is 4. The number of carbonyl (C=O) groups is 2. The first-order valence-electron chi connectivity index (χ1n) is 10.1. The van der Waals surface area contributed by atoms with Gasteiger partial charge >= 0.3 is 12.3 Å². The van der Waals surface area contributed by atoms with Gasteiger partial charge in [-0.1, -0.05) is 6.07 Å². The predicted molar refractivity (Wildman–Crippen MR) is 110 cm³/mol. The molecule has 2 heterocycles. The van der Waals surface area contributed by atoms with E-state index >= 15 is 0 Å². The van der Waals surface area contributed by atoms with E-state index in [-0.39, 0.29) is 30.0 Å². The van der Waals surface area contributed by atoms with Crippen molar-refractivity contribution in [3.63, 3.8) is 0 Å². The van der Waals surface area contributed by atoms with Crippen molar-refractivity contribution in [2.24, 2.45) is 0 Å². The lowest BCUT2D eigenvalue weighted by atomic mass is 10.1. The number of nitrogens with zero attached hydrogens (tertiary/aromatic N) is 2. The molecular weight excluding hydrogens is 446 g/mol. The van der Waals surface area contributed by atoms with E-state index in [2.05, 4.69) is 10.3 Å². The number of benzene rings is 1. The van der Waals surface area contributed by atoms with E-state index in [4.69, 9.17) is 9.47 Å². The van der Waals surface area contributed by atoms with E-state index < -0.39 is 41.4 Å². The van der Waals surface area contributed by atoms with Gasteiger partial charge in [-0.25, -0.2) is 9.18 Å². The van der Waals surface area contributed by atoms with Crippen LogP contribution in [0.5, 0.6) is 0 Å². The van der Waals surface area contributed by atoms with Crippen molar-refractivity contribution < 1.29 is 36.6 Å². The van der Waals surface area contributed by atoms with Crippen LogP contribution in [0.3, 0.4) is 0 Å². The van der Waals surface area contributed by atoms with E-state index in [9.17, 15) is 27.2 Å². The number of ether oxygens (including phenoxy) is 2. The Bertz CT molecular complexity index is 1040. The molecular formula is C22H23F4N3O4. The third kappa shape index (κ3) is 6.41. The Balaban J connectivity index is 1.70. The standard InChI is InChI=1S/C22H23F4N3O4/c1-21(2,3)33-20(31)29-8-9-32-17(12-29)15-5-4-14(11-16(15)23)28-19(30)13-6-7-27-18(10-13)22(24,25)26/h4-7,10-11,17H,8-9,12H2,1-3H3,(H,28,30)/t17-/m0/s1. The molecule has 2 aromatic rings. The van der Waals surface area contributed by atoms with Crippen LogP contribution in [-0.2, 0) is 15.7 Å². The number of anilines is 1. The molecule has 1 aliphatic heterocycles. The lowest BCUT2D eigenvalue weighted by molar-refractivity contribution is -0.141. The molecule has 1 fully saturated rings. The average Bonchev–Trinajstić information content (AvgIpc) is 2.72. The third-order valence-corrected chi connectivity index (χ3v) is 4.64. The van der Waals surface area contributed by atoms with E-state index in [0.29, 0.717) is 12.6 Å². The highest BCUT2D eigenvalue weighted by atomic mass is 19.4. The highest BCUT2D eigenvalue weighted by Crippen LogP contribution is 2.29. The van der Waals surface area contributed by atoms with Crippen LogP contribution in [0.1, 0.15) is 48.5 Å². The van der Waals surface area contributed by atoms with Gasteiger partial charge in [-0.15, -0.1) is 0 Å². The molecule has 11 heteroatoms. The summed E-state index contributed by atoms with van der Waals surface area (Å²) < 4.78 is 64.1. The first-order valence-corrected chi connectivity index (χ1v) is 10.1. The number of pyridine rings is 1. The first-order chi connectivity index (χ1) is 15.3. The average molecular weight is 469 g/mol. The SMILES string of the molecule is CC(C)(C)OC(=O)N1CCO[C@H](c2ccc(NC(=O)c3ccnc(C(F)(F)F)c3)cc2F)C1. The zero-order valence-corrected chi connectivity index (χ0v) is 18.2. The summed E-state index contributed by atoms with van der Waals surface area (Å²) in [7, 11) is 0. The molecule has 1 atom stereocenters. The van der Waals surface area contributed by atoms with Gasteiger partial charge < -0.3 is 19.7 Å². The normalized spacial score (nSPS) is 16.9. The van der Waals surface area contributed by atoms with Crippen molar-refractivity contribution in [2.75, 3.05) is 25.0 Å². The van der Waals surface area contributed by atoms with Crippen LogP contribution >= 0.6 is 0 Å². The summed E-state index contributed by atoms with van der Waals surface area (Å²) in [6.07, 6.45) is -5.10. The molecule has 1 aromatic heterocycles. The van der Waals surface area contributed by atoms with Gasteiger partial charge in [0.15, 0.2) is 0 Å². The minimum Gasteiger partial charge on any atom is -0.444 e. The smallest absolute Gasteiger partial charge is 0.433 e. The molecule has 2 amide bonds. The minimum atomic E-state index is -4.70. The van der Waals surface area contributed by atoms with Gasteiger partial charge in [-0.2, -0.15) is 13.2 Å². The molecule has 7 nitrogen and oxygen atoms in total. The molecule has 0 spiro atoms. The van der Waals surface area contributed by atoms with Crippen LogP contribution < -0.4 is 5.32 Å². The fourth-order valence-corrected chi connectivity index (χ4v) is 3.13. The van der Waals surface area contributed by atoms with Crippen LogP contribution in [0.2, 0.25) is 0 Å². The molecule has 0 aliphatic carbocycles. The van der Waals surface area contributed by atoms with Crippen LogP contribution in [-0.4, -0.2) is 47.2 Å². The van der Waals surface area contributed by atoms with Gasteiger partial charge in [-0.05, 0) is 45.0 Å².